The molecule has 0 bridgehead atoms. The molecule has 0 aliphatic carbocycles. The molecule has 3 aromatic carbocycles. The van der Waals surface area contributed by atoms with Crippen molar-refractivity contribution in [1.29, 1.82) is 0 Å². The van der Waals surface area contributed by atoms with Gasteiger partial charge in [0.25, 0.3) is 0 Å². The highest BCUT2D eigenvalue weighted by Crippen LogP contribution is 2.16. The maximum absolute atomic E-state index is 12.4. The number of hydrogen-bond acceptors (Lipinski definition) is 4. The standard InChI is InChI=1S/C23H22ClNO3/c24-20-8-4-5-17(13-20)14-25-15-21(26)16-28-22-11-9-19(10-12-22)23(27)18-6-2-1-3-7-18/h1-13,21,25-26H,14-16H2/t21-/m1/s1. The van der Waals surface area contributed by atoms with E-state index in [2.05, 4.69) is 5.32 Å². The lowest BCUT2D eigenvalue weighted by atomic mass is 10.0. The van der Waals surface area contributed by atoms with Gasteiger partial charge in [-0.15, -0.1) is 0 Å². The summed E-state index contributed by atoms with van der Waals surface area (Å²) in [4.78, 5) is 12.4. The van der Waals surface area contributed by atoms with E-state index in [1.54, 1.807) is 36.4 Å². The maximum atomic E-state index is 12.4. The summed E-state index contributed by atoms with van der Waals surface area (Å²) in [6, 6.07) is 23.7. The Kier molecular flexibility index (Phi) is 7.20. The number of carbonyl (C=O) groups is 1. The van der Waals surface area contributed by atoms with Crippen LogP contribution >= 0.6 is 11.6 Å². The molecule has 1 atom stereocenters. The minimum Gasteiger partial charge on any atom is -0.491 e. The number of aliphatic hydroxyl groups excluding tert-OH is 1. The van der Waals surface area contributed by atoms with Crippen molar-refractivity contribution in [2.75, 3.05) is 13.2 Å². The third-order valence-corrected chi connectivity index (χ3v) is 4.43. The van der Waals surface area contributed by atoms with Crippen LogP contribution in [0.15, 0.2) is 78.9 Å². The van der Waals surface area contributed by atoms with Gasteiger partial charge in [0.15, 0.2) is 5.78 Å². The Morgan fingerprint density at radius 3 is 2.39 bits per heavy atom. The molecule has 3 rings (SSSR count). The molecule has 0 spiro atoms. The summed E-state index contributed by atoms with van der Waals surface area (Å²) in [6.45, 7) is 1.18. The summed E-state index contributed by atoms with van der Waals surface area (Å²) < 4.78 is 5.61. The number of aliphatic hydroxyl groups is 1. The average Bonchev–Trinajstić information content (AvgIpc) is 2.73. The summed E-state index contributed by atoms with van der Waals surface area (Å²) in [6.07, 6.45) is -0.648. The van der Waals surface area contributed by atoms with Crippen LogP contribution in [0.1, 0.15) is 21.5 Å². The number of ether oxygens (including phenoxy) is 1. The number of carbonyl (C=O) groups excluding carboxylic acids is 1. The molecule has 0 saturated heterocycles. The lowest BCUT2D eigenvalue weighted by Crippen LogP contribution is -2.31. The van der Waals surface area contributed by atoms with Crippen LogP contribution in [-0.2, 0) is 6.54 Å². The highest BCUT2D eigenvalue weighted by molar-refractivity contribution is 6.30. The van der Waals surface area contributed by atoms with Gasteiger partial charge >= 0.3 is 0 Å². The molecular formula is C23H22ClNO3. The highest BCUT2D eigenvalue weighted by Gasteiger charge is 2.09. The topological polar surface area (TPSA) is 58.6 Å². The van der Waals surface area contributed by atoms with Gasteiger partial charge in [-0.2, -0.15) is 0 Å². The first kappa shape index (κ1) is 20.1. The molecule has 0 unspecified atom stereocenters. The molecule has 0 heterocycles. The molecule has 0 fully saturated rings. The molecule has 0 radical (unpaired) electrons. The first-order chi connectivity index (χ1) is 13.6. The summed E-state index contributed by atoms with van der Waals surface area (Å²) in [5, 5.41) is 13.9. The number of benzene rings is 3. The first-order valence-corrected chi connectivity index (χ1v) is 9.45. The molecule has 0 amide bonds. The van der Waals surface area contributed by atoms with E-state index < -0.39 is 6.10 Å². The molecule has 0 aliphatic heterocycles. The predicted octanol–water partition coefficient (Wildman–Crippen LogP) is 4.10. The van der Waals surface area contributed by atoms with Crippen LogP contribution in [0.3, 0.4) is 0 Å². The van der Waals surface area contributed by atoms with E-state index in [1.807, 2.05) is 42.5 Å². The van der Waals surface area contributed by atoms with Crippen LogP contribution in [0, 0.1) is 0 Å². The van der Waals surface area contributed by atoms with E-state index in [0.717, 1.165) is 5.56 Å². The van der Waals surface area contributed by atoms with Crippen molar-refractivity contribution in [3.8, 4) is 5.75 Å². The van der Waals surface area contributed by atoms with Crippen molar-refractivity contribution in [1.82, 2.24) is 5.32 Å². The van der Waals surface area contributed by atoms with Gasteiger partial charge in [-0.05, 0) is 42.0 Å². The van der Waals surface area contributed by atoms with Gasteiger partial charge in [0.05, 0.1) is 0 Å². The Balaban J connectivity index is 1.43. The molecule has 4 nitrogen and oxygen atoms in total. The fraction of sp³-hybridized carbons (Fsp3) is 0.174. The molecule has 5 heteroatoms. The van der Waals surface area contributed by atoms with Gasteiger partial charge in [-0.3, -0.25) is 4.79 Å². The second-order valence-corrected chi connectivity index (χ2v) is 6.88. The fourth-order valence-corrected chi connectivity index (χ4v) is 2.95. The predicted molar refractivity (Wildman–Crippen MR) is 111 cm³/mol. The van der Waals surface area contributed by atoms with E-state index in [4.69, 9.17) is 16.3 Å². The van der Waals surface area contributed by atoms with E-state index in [9.17, 15) is 9.90 Å². The molecule has 3 aromatic rings. The maximum Gasteiger partial charge on any atom is 0.193 e. The lowest BCUT2D eigenvalue weighted by Gasteiger charge is -2.13. The van der Waals surface area contributed by atoms with Crippen LogP contribution < -0.4 is 10.1 Å². The molecule has 0 saturated carbocycles. The molecule has 0 aliphatic rings. The van der Waals surface area contributed by atoms with Crippen molar-refractivity contribution in [2.24, 2.45) is 0 Å². The third-order valence-electron chi connectivity index (χ3n) is 4.19. The molecule has 2 N–H and O–H groups in total. The molecule has 144 valence electrons. The zero-order chi connectivity index (χ0) is 19.8. The Morgan fingerprint density at radius 2 is 1.68 bits per heavy atom. The Labute approximate surface area is 169 Å². The van der Waals surface area contributed by atoms with Crippen molar-refractivity contribution in [2.45, 2.75) is 12.6 Å². The SMILES string of the molecule is O=C(c1ccccc1)c1ccc(OC[C@H](O)CNCc2cccc(Cl)c2)cc1. The van der Waals surface area contributed by atoms with Gasteiger partial charge in [0.1, 0.15) is 18.5 Å². The quantitative estimate of drug-likeness (QED) is 0.535. The van der Waals surface area contributed by atoms with Gasteiger partial charge in [0.2, 0.25) is 0 Å². The van der Waals surface area contributed by atoms with Gasteiger partial charge < -0.3 is 15.2 Å². The van der Waals surface area contributed by atoms with Gasteiger partial charge in [-0.25, -0.2) is 0 Å². The zero-order valence-corrected chi connectivity index (χ0v) is 16.1. The number of ketones is 1. The second-order valence-electron chi connectivity index (χ2n) is 6.45. The Morgan fingerprint density at radius 1 is 0.964 bits per heavy atom. The fourth-order valence-electron chi connectivity index (χ4n) is 2.74. The van der Waals surface area contributed by atoms with E-state index in [-0.39, 0.29) is 12.4 Å². The van der Waals surface area contributed by atoms with Crippen LogP contribution in [0.25, 0.3) is 0 Å². The van der Waals surface area contributed by atoms with Crippen LogP contribution in [0.5, 0.6) is 5.75 Å². The second kappa shape index (κ2) is 10.0. The van der Waals surface area contributed by atoms with Crippen LogP contribution in [-0.4, -0.2) is 30.1 Å². The zero-order valence-electron chi connectivity index (χ0n) is 15.3. The summed E-state index contributed by atoms with van der Waals surface area (Å²) in [5.74, 6) is 0.580. The monoisotopic (exact) mass is 395 g/mol. The minimum atomic E-state index is -0.648. The number of rotatable bonds is 9. The third kappa shape index (κ3) is 5.92. The summed E-state index contributed by atoms with van der Waals surface area (Å²) in [5.41, 5.74) is 2.30. The van der Waals surface area contributed by atoms with Gasteiger partial charge in [0, 0.05) is 29.2 Å². The average molecular weight is 396 g/mol. The minimum absolute atomic E-state index is 0.0302. The summed E-state index contributed by atoms with van der Waals surface area (Å²) >= 11 is 5.95. The largest absolute Gasteiger partial charge is 0.491 e. The van der Waals surface area contributed by atoms with E-state index in [0.29, 0.717) is 35.0 Å². The van der Waals surface area contributed by atoms with Gasteiger partial charge in [-0.1, -0.05) is 54.1 Å². The summed E-state index contributed by atoms with van der Waals surface area (Å²) in [7, 11) is 0. The molecular weight excluding hydrogens is 374 g/mol. The Bertz CT molecular complexity index is 897. The number of halogens is 1. The number of hydrogen-bond donors (Lipinski definition) is 2. The van der Waals surface area contributed by atoms with E-state index >= 15 is 0 Å². The van der Waals surface area contributed by atoms with Crippen molar-refractivity contribution in [3.05, 3.63) is 101 Å². The first-order valence-electron chi connectivity index (χ1n) is 9.07. The Hall–Kier alpha value is -2.66. The lowest BCUT2D eigenvalue weighted by molar-refractivity contribution is 0.103. The smallest absolute Gasteiger partial charge is 0.193 e. The van der Waals surface area contributed by atoms with Crippen molar-refractivity contribution in [3.63, 3.8) is 0 Å². The molecule has 0 aromatic heterocycles. The van der Waals surface area contributed by atoms with Crippen LogP contribution in [0.2, 0.25) is 5.02 Å². The highest BCUT2D eigenvalue weighted by atomic mass is 35.5. The van der Waals surface area contributed by atoms with Crippen molar-refractivity contribution >= 4 is 17.4 Å². The van der Waals surface area contributed by atoms with Crippen LogP contribution in [0.4, 0.5) is 0 Å². The molecule has 28 heavy (non-hydrogen) atoms. The van der Waals surface area contributed by atoms with Crippen molar-refractivity contribution < 1.29 is 14.6 Å². The normalized spacial score (nSPS) is 11.8. The number of nitrogens with one attached hydrogen (secondary N) is 1. The van der Waals surface area contributed by atoms with E-state index in [1.165, 1.54) is 0 Å².